The number of aromatic nitrogens is 7. The van der Waals surface area contributed by atoms with Crippen LogP contribution in [-0.4, -0.2) is 50.7 Å². The fourth-order valence-corrected chi connectivity index (χ4v) is 4.65. The smallest absolute Gasteiger partial charge is 0.303 e. The Hall–Kier alpha value is -4.32. The molecule has 2 N–H and O–H groups in total. The van der Waals surface area contributed by atoms with E-state index >= 15 is 0 Å². The molecule has 0 aromatic carbocycles. The summed E-state index contributed by atoms with van der Waals surface area (Å²) in [4.78, 5) is 32.7. The van der Waals surface area contributed by atoms with Gasteiger partial charge >= 0.3 is 5.97 Å². The van der Waals surface area contributed by atoms with Gasteiger partial charge in [0.25, 0.3) is 5.91 Å². The normalized spacial score (nSPS) is 13.4. The molecule has 0 bridgehead atoms. The van der Waals surface area contributed by atoms with Crippen LogP contribution < -0.4 is 5.32 Å². The van der Waals surface area contributed by atoms with Gasteiger partial charge in [0.1, 0.15) is 11.2 Å². The molecule has 0 saturated heterocycles. The second-order valence-corrected chi connectivity index (χ2v) is 9.75. The number of fused-ring (bicyclic) bond motifs is 2. The predicted molar refractivity (Wildman–Crippen MR) is 134 cm³/mol. The molecule has 5 aromatic rings. The van der Waals surface area contributed by atoms with Gasteiger partial charge in [0, 0.05) is 25.0 Å². The Morgan fingerprint density at radius 3 is 2.84 bits per heavy atom. The molecular formula is C25H22ClFN8O3. The van der Waals surface area contributed by atoms with Gasteiger partial charge in [0.05, 0.1) is 42.0 Å². The first-order valence-corrected chi connectivity index (χ1v) is 12.4. The summed E-state index contributed by atoms with van der Waals surface area (Å²) < 4.78 is 19.4. The van der Waals surface area contributed by atoms with E-state index in [0.29, 0.717) is 29.4 Å². The van der Waals surface area contributed by atoms with Crippen molar-refractivity contribution in [2.75, 3.05) is 0 Å². The van der Waals surface area contributed by atoms with Gasteiger partial charge in [-0.1, -0.05) is 22.9 Å². The van der Waals surface area contributed by atoms with Crippen LogP contribution in [0, 0.1) is 5.82 Å². The molecule has 1 saturated carbocycles. The van der Waals surface area contributed by atoms with Gasteiger partial charge in [-0.2, -0.15) is 0 Å². The fraction of sp³-hybridized carbons (Fsp3) is 0.280. The summed E-state index contributed by atoms with van der Waals surface area (Å²) >= 11 is 5.88. The maximum absolute atomic E-state index is 14.4. The molecule has 0 atom stereocenters. The molecule has 1 aliphatic rings. The molecule has 11 nitrogen and oxygen atoms in total. The predicted octanol–water partition coefficient (Wildman–Crippen LogP) is 3.24. The largest absolute Gasteiger partial charge is 0.481 e. The number of carbonyl (C=O) groups is 2. The van der Waals surface area contributed by atoms with Crippen molar-refractivity contribution < 1.29 is 19.1 Å². The van der Waals surface area contributed by atoms with Crippen molar-refractivity contribution in [3.05, 3.63) is 82.3 Å². The number of halogens is 2. The maximum Gasteiger partial charge on any atom is 0.303 e. The average molecular weight is 537 g/mol. The Bertz CT molecular complexity index is 1700. The van der Waals surface area contributed by atoms with Crippen molar-refractivity contribution in [2.24, 2.45) is 0 Å². The van der Waals surface area contributed by atoms with E-state index in [2.05, 4.69) is 26.7 Å². The third kappa shape index (κ3) is 4.70. The van der Waals surface area contributed by atoms with Crippen molar-refractivity contribution in [2.45, 2.75) is 44.7 Å². The fourth-order valence-electron chi connectivity index (χ4n) is 4.50. The lowest BCUT2D eigenvalue weighted by Crippen LogP contribution is -2.23. The number of carboxylic acid groups (broad SMARTS) is 1. The molecule has 194 valence electrons. The Kier molecular flexibility index (Phi) is 6.03. The van der Waals surface area contributed by atoms with Crippen molar-refractivity contribution in [1.82, 2.24) is 39.1 Å². The van der Waals surface area contributed by atoms with Crippen molar-refractivity contribution >= 4 is 34.6 Å². The Labute approximate surface area is 219 Å². The number of aliphatic carboxylic acids is 1. The molecular weight excluding hydrogens is 515 g/mol. The van der Waals surface area contributed by atoms with Gasteiger partial charge in [-0.15, -0.1) is 5.10 Å². The highest BCUT2D eigenvalue weighted by Crippen LogP contribution is 2.40. The summed E-state index contributed by atoms with van der Waals surface area (Å²) in [5.41, 5.74) is 4.11. The monoisotopic (exact) mass is 536 g/mol. The standard InChI is InChI=1S/C25H22ClFN8O3/c26-18-5-6-33-13-29-19(23(33)22(18)27)8-28-25(38)20-12-35(32-31-20)11-17-10-34-9-16(14-1-2-14)7-15(24(34)30-17)3-4-21(36)37/h5-7,9-10,12-14H,1-4,8,11H2,(H,28,38)(H,36,37). The number of imidazole rings is 2. The lowest BCUT2D eigenvalue weighted by molar-refractivity contribution is -0.136. The summed E-state index contributed by atoms with van der Waals surface area (Å²) in [6.45, 7) is 0.253. The Morgan fingerprint density at radius 2 is 2.05 bits per heavy atom. The number of rotatable bonds is 9. The second kappa shape index (κ2) is 9.53. The second-order valence-electron chi connectivity index (χ2n) is 9.34. The SMILES string of the molecule is O=C(O)CCc1cc(C2CC2)cn2cc(Cn3cc(C(=O)NCc4ncn5ccc(Cl)c(F)c45)nn3)nc12. The summed E-state index contributed by atoms with van der Waals surface area (Å²) in [6.07, 6.45) is 11.2. The van der Waals surface area contributed by atoms with Crippen molar-refractivity contribution in [1.29, 1.82) is 0 Å². The molecule has 0 spiro atoms. The van der Waals surface area contributed by atoms with Crippen LogP contribution in [-0.2, 0) is 24.3 Å². The molecule has 0 radical (unpaired) electrons. The van der Waals surface area contributed by atoms with Crippen LogP contribution >= 0.6 is 11.6 Å². The summed E-state index contributed by atoms with van der Waals surface area (Å²) in [5, 5.41) is 19.8. The third-order valence-corrected chi connectivity index (χ3v) is 6.83. The molecule has 13 heteroatoms. The maximum atomic E-state index is 14.4. The van der Waals surface area contributed by atoms with Gasteiger partial charge in [-0.3, -0.25) is 9.59 Å². The van der Waals surface area contributed by atoms with E-state index in [9.17, 15) is 14.0 Å². The first-order chi connectivity index (χ1) is 18.4. The zero-order valence-electron chi connectivity index (χ0n) is 20.0. The third-order valence-electron chi connectivity index (χ3n) is 6.54. The van der Waals surface area contributed by atoms with Gasteiger partial charge in [0.15, 0.2) is 11.5 Å². The van der Waals surface area contributed by atoms with Crippen LogP contribution in [0.2, 0.25) is 5.02 Å². The topological polar surface area (TPSA) is 132 Å². The number of carboxylic acids is 1. The molecule has 6 rings (SSSR count). The minimum atomic E-state index is -0.852. The Balaban J connectivity index is 1.17. The number of hydrogen-bond donors (Lipinski definition) is 2. The molecule has 5 heterocycles. The van der Waals surface area contributed by atoms with E-state index in [0.717, 1.165) is 18.4 Å². The lowest BCUT2D eigenvalue weighted by atomic mass is 10.1. The number of nitrogens with zero attached hydrogens (tertiary/aromatic N) is 7. The molecule has 0 aliphatic heterocycles. The van der Waals surface area contributed by atoms with Crippen LogP contribution in [0.25, 0.3) is 11.2 Å². The van der Waals surface area contributed by atoms with Gasteiger partial charge in [-0.25, -0.2) is 19.0 Å². The average Bonchev–Trinajstić information content (AvgIpc) is 3.29. The van der Waals surface area contributed by atoms with Crippen LogP contribution in [0.3, 0.4) is 0 Å². The van der Waals surface area contributed by atoms with Crippen LogP contribution in [0.5, 0.6) is 0 Å². The highest BCUT2D eigenvalue weighted by atomic mass is 35.5. The molecule has 1 fully saturated rings. The van der Waals surface area contributed by atoms with Crippen molar-refractivity contribution in [3.63, 3.8) is 0 Å². The molecule has 5 aromatic heterocycles. The van der Waals surface area contributed by atoms with E-state index < -0.39 is 17.7 Å². The number of aryl methyl sites for hydroxylation is 1. The van der Waals surface area contributed by atoms with Gasteiger partial charge in [0.2, 0.25) is 0 Å². The number of nitrogens with one attached hydrogen (secondary N) is 1. The minimum absolute atomic E-state index is 0.0195. The highest BCUT2D eigenvalue weighted by molar-refractivity contribution is 6.31. The number of amides is 1. The van der Waals surface area contributed by atoms with Crippen LogP contribution in [0.1, 0.15) is 58.2 Å². The Morgan fingerprint density at radius 1 is 1.21 bits per heavy atom. The van der Waals surface area contributed by atoms with E-state index in [1.165, 1.54) is 33.2 Å². The van der Waals surface area contributed by atoms with Crippen LogP contribution in [0.4, 0.5) is 4.39 Å². The highest BCUT2D eigenvalue weighted by Gasteiger charge is 2.25. The number of carbonyl (C=O) groups excluding carboxylic acids is 1. The van der Waals surface area contributed by atoms with Crippen molar-refractivity contribution in [3.8, 4) is 0 Å². The summed E-state index contributed by atoms with van der Waals surface area (Å²) in [7, 11) is 0. The number of hydrogen-bond acceptors (Lipinski definition) is 6. The van der Waals surface area contributed by atoms with E-state index in [-0.39, 0.29) is 35.7 Å². The van der Waals surface area contributed by atoms with Crippen LogP contribution in [0.15, 0.2) is 43.2 Å². The van der Waals surface area contributed by atoms with E-state index in [1.54, 1.807) is 6.20 Å². The van der Waals surface area contributed by atoms with Gasteiger partial charge < -0.3 is 19.2 Å². The lowest BCUT2D eigenvalue weighted by Gasteiger charge is -2.06. The van der Waals surface area contributed by atoms with E-state index in [4.69, 9.17) is 21.7 Å². The first-order valence-electron chi connectivity index (χ1n) is 12.1. The minimum Gasteiger partial charge on any atom is -0.481 e. The number of pyridine rings is 2. The molecule has 0 unspecified atom stereocenters. The quantitative estimate of drug-likeness (QED) is 0.295. The summed E-state index contributed by atoms with van der Waals surface area (Å²) in [5.74, 6) is -1.43. The van der Waals surface area contributed by atoms with Gasteiger partial charge in [-0.05, 0) is 42.4 Å². The molecule has 38 heavy (non-hydrogen) atoms. The zero-order chi connectivity index (χ0) is 26.4. The molecule has 1 amide bonds. The summed E-state index contributed by atoms with van der Waals surface area (Å²) in [6, 6.07) is 3.49. The molecule has 1 aliphatic carbocycles. The first kappa shape index (κ1) is 24.0. The zero-order valence-corrected chi connectivity index (χ0v) is 20.8. The van der Waals surface area contributed by atoms with E-state index in [1.807, 2.05) is 16.8 Å².